The zero-order chi connectivity index (χ0) is 13.3. The van der Waals surface area contributed by atoms with Crippen LogP contribution in [0, 0.1) is 19.7 Å². The lowest BCUT2D eigenvalue weighted by atomic mass is 10.0. The standard InChI is InChI=1S/C14H15ClFNS/c1-8-6-9(2)18-14(8)13(17)7-10-11(15)4-3-5-12(10)16/h3-6,13H,7,17H2,1-2H3. The molecule has 0 radical (unpaired) electrons. The third kappa shape index (κ3) is 2.74. The maximum Gasteiger partial charge on any atom is 0.127 e. The SMILES string of the molecule is Cc1cc(C)c(C(N)Cc2c(F)cccc2Cl)s1. The van der Waals surface area contributed by atoms with Crippen molar-refractivity contribution in [2.75, 3.05) is 0 Å². The fourth-order valence-corrected chi connectivity index (χ4v) is 3.34. The number of halogens is 2. The largest absolute Gasteiger partial charge is 0.323 e. The molecule has 1 nitrogen and oxygen atoms in total. The van der Waals surface area contributed by atoms with Crippen molar-refractivity contribution in [2.24, 2.45) is 5.73 Å². The number of nitrogens with two attached hydrogens (primary N) is 1. The molecule has 1 atom stereocenters. The Kier molecular flexibility index (Phi) is 4.05. The second kappa shape index (κ2) is 5.39. The van der Waals surface area contributed by atoms with E-state index in [1.807, 2.05) is 13.8 Å². The van der Waals surface area contributed by atoms with E-state index >= 15 is 0 Å². The van der Waals surface area contributed by atoms with Crippen LogP contribution in [0.3, 0.4) is 0 Å². The molecule has 2 rings (SSSR count). The molecular weight excluding hydrogens is 269 g/mol. The van der Waals surface area contributed by atoms with Crippen LogP contribution in [0.1, 0.15) is 26.9 Å². The van der Waals surface area contributed by atoms with Crippen molar-refractivity contribution in [3.8, 4) is 0 Å². The van der Waals surface area contributed by atoms with Crippen LogP contribution in [-0.4, -0.2) is 0 Å². The summed E-state index contributed by atoms with van der Waals surface area (Å²) in [7, 11) is 0. The summed E-state index contributed by atoms with van der Waals surface area (Å²) in [6, 6.07) is 6.61. The lowest BCUT2D eigenvalue weighted by molar-refractivity contribution is 0.595. The summed E-state index contributed by atoms with van der Waals surface area (Å²) < 4.78 is 13.7. The van der Waals surface area contributed by atoms with Gasteiger partial charge in [0.1, 0.15) is 5.82 Å². The predicted octanol–water partition coefficient (Wildman–Crippen LogP) is 4.40. The van der Waals surface area contributed by atoms with Gasteiger partial charge in [0.2, 0.25) is 0 Å². The van der Waals surface area contributed by atoms with E-state index in [1.165, 1.54) is 10.9 Å². The van der Waals surface area contributed by atoms with Gasteiger partial charge in [0, 0.05) is 26.4 Å². The molecule has 0 aliphatic rings. The third-order valence-corrected chi connectivity index (χ3v) is 4.54. The summed E-state index contributed by atoms with van der Waals surface area (Å²) in [4.78, 5) is 2.32. The second-order valence-corrected chi connectivity index (χ2v) is 6.11. The zero-order valence-corrected chi connectivity index (χ0v) is 11.9. The number of rotatable bonds is 3. The Hall–Kier alpha value is -0.900. The molecule has 4 heteroatoms. The minimum atomic E-state index is -0.288. The van der Waals surface area contributed by atoms with Crippen LogP contribution in [0.5, 0.6) is 0 Å². The van der Waals surface area contributed by atoms with Crippen molar-refractivity contribution in [1.82, 2.24) is 0 Å². The summed E-state index contributed by atoms with van der Waals surface area (Å²) in [5, 5.41) is 0.441. The smallest absolute Gasteiger partial charge is 0.127 e. The molecule has 1 unspecified atom stereocenters. The highest BCUT2D eigenvalue weighted by atomic mass is 35.5. The van der Waals surface area contributed by atoms with Crippen LogP contribution in [0.15, 0.2) is 24.3 Å². The maximum atomic E-state index is 13.7. The first-order valence-electron chi connectivity index (χ1n) is 5.74. The van der Waals surface area contributed by atoms with Crippen LogP contribution in [0.25, 0.3) is 0 Å². The monoisotopic (exact) mass is 283 g/mol. The highest BCUT2D eigenvalue weighted by molar-refractivity contribution is 7.12. The first-order valence-corrected chi connectivity index (χ1v) is 6.94. The van der Waals surface area contributed by atoms with Gasteiger partial charge in [0.25, 0.3) is 0 Å². The van der Waals surface area contributed by atoms with Crippen molar-refractivity contribution in [3.63, 3.8) is 0 Å². The number of hydrogen-bond acceptors (Lipinski definition) is 2. The van der Waals surface area contributed by atoms with Crippen molar-refractivity contribution in [3.05, 3.63) is 56.0 Å². The second-order valence-electron chi connectivity index (χ2n) is 4.42. The van der Waals surface area contributed by atoms with Gasteiger partial charge in [0.15, 0.2) is 0 Å². The average molecular weight is 284 g/mol. The highest BCUT2D eigenvalue weighted by Crippen LogP contribution is 2.30. The molecule has 18 heavy (non-hydrogen) atoms. The molecule has 1 aromatic heterocycles. The Morgan fingerprint density at radius 3 is 2.67 bits per heavy atom. The number of thiophene rings is 1. The van der Waals surface area contributed by atoms with Gasteiger partial charge in [0.05, 0.1) is 0 Å². The molecule has 0 amide bonds. The quantitative estimate of drug-likeness (QED) is 0.888. The van der Waals surface area contributed by atoms with Crippen molar-refractivity contribution < 1.29 is 4.39 Å². The van der Waals surface area contributed by atoms with Crippen molar-refractivity contribution in [2.45, 2.75) is 26.3 Å². The maximum absolute atomic E-state index is 13.7. The summed E-state index contributed by atoms with van der Waals surface area (Å²) in [5.74, 6) is -0.288. The van der Waals surface area contributed by atoms with Gasteiger partial charge in [-0.1, -0.05) is 17.7 Å². The average Bonchev–Trinajstić information content (AvgIpc) is 2.63. The molecule has 0 fully saturated rings. The van der Waals surface area contributed by atoms with E-state index in [9.17, 15) is 4.39 Å². The number of benzene rings is 1. The van der Waals surface area contributed by atoms with Crippen LogP contribution in [0.4, 0.5) is 4.39 Å². The molecule has 96 valence electrons. The summed E-state index contributed by atoms with van der Waals surface area (Å²) in [6.45, 7) is 4.08. The first-order chi connectivity index (χ1) is 8.49. The van der Waals surface area contributed by atoms with E-state index in [0.29, 0.717) is 17.0 Å². The minimum Gasteiger partial charge on any atom is -0.323 e. The first kappa shape index (κ1) is 13.5. The normalized spacial score (nSPS) is 12.7. The molecule has 0 aliphatic carbocycles. The Morgan fingerprint density at radius 1 is 1.39 bits per heavy atom. The number of aryl methyl sites for hydroxylation is 2. The van der Waals surface area contributed by atoms with Gasteiger partial charge < -0.3 is 5.73 Å². The molecule has 2 N–H and O–H groups in total. The summed E-state index contributed by atoms with van der Waals surface area (Å²) in [5.41, 5.74) is 7.83. The molecule has 0 aliphatic heterocycles. The highest BCUT2D eigenvalue weighted by Gasteiger charge is 2.16. The molecule has 0 bridgehead atoms. The van der Waals surface area contributed by atoms with Crippen LogP contribution < -0.4 is 5.73 Å². The molecule has 1 heterocycles. The number of hydrogen-bond donors (Lipinski definition) is 1. The van der Waals surface area contributed by atoms with Crippen molar-refractivity contribution in [1.29, 1.82) is 0 Å². The summed E-state index contributed by atoms with van der Waals surface area (Å²) in [6.07, 6.45) is 0.423. The van der Waals surface area contributed by atoms with Crippen LogP contribution in [-0.2, 0) is 6.42 Å². The lowest BCUT2D eigenvalue weighted by Gasteiger charge is -2.13. The fourth-order valence-electron chi connectivity index (χ4n) is 2.07. The van der Waals surface area contributed by atoms with Crippen LogP contribution >= 0.6 is 22.9 Å². The molecule has 0 spiro atoms. The van der Waals surface area contributed by atoms with Gasteiger partial charge in [-0.2, -0.15) is 0 Å². The molecular formula is C14H15ClFNS. The Bertz CT molecular complexity index is 545. The molecule has 0 saturated heterocycles. The van der Waals surface area contributed by atoms with E-state index in [2.05, 4.69) is 6.07 Å². The van der Waals surface area contributed by atoms with Gasteiger partial charge in [-0.25, -0.2) is 4.39 Å². The molecule has 2 aromatic rings. The van der Waals surface area contributed by atoms with E-state index in [1.54, 1.807) is 23.5 Å². The Balaban J connectivity index is 2.26. The van der Waals surface area contributed by atoms with Gasteiger partial charge >= 0.3 is 0 Å². The molecule has 1 aromatic carbocycles. The Morgan fingerprint density at radius 2 is 2.11 bits per heavy atom. The topological polar surface area (TPSA) is 26.0 Å². The van der Waals surface area contributed by atoms with Crippen LogP contribution in [0.2, 0.25) is 5.02 Å². The van der Waals surface area contributed by atoms with E-state index in [-0.39, 0.29) is 11.9 Å². The van der Waals surface area contributed by atoms with Gasteiger partial charge in [-0.3, -0.25) is 0 Å². The lowest BCUT2D eigenvalue weighted by Crippen LogP contribution is -2.14. The van der Waals surface area contributed by atoms with Gasteiger partial charge in [-0.05, 0) is 44.0 Å². The predicted molar refractivity (Wildman–Crippen MR) is 75.8 cm³/mol. The van der Waals surface area contributed by atoms with Gasteiger partial charge in [-0.15, -0.1) is 11.3 Å². The van der Waals surface area contributed by atoms with E-state index in [4.69, 9.17) is 17.3 Å². The fraction of sp³-hybridized carbons (Fsp3) is 0.286. The summed E-state index contributed by atoms with van der Waals surface area (Å²) >= 11 is 7.68. The van der Waals surface area contributed by atoms with Crippen molar-refractivity contribution >= 4 is 22.9 Å². The van der Waals surface area contributed by atoms with E-state index in [0.717, 1.165) is 10.4 Å². The minimum absolute atomic E-state index is 0.210. The third-order valence-electron chi connectivity index (χ3n) is 2.90. The Labute approximate surface area is 115 Å². The zero-order valence-electron chi connectivity index (χ0n) is 10.3. The van der Waals surface area contributed by atoms with E-state index < -0.39 is 0 Å². The molecule has 0 saturated carbocycles.